The maximum Gasteiger partial charge on any atom is 0.255 e. The molecule has 2 N–H and O–H groups in total. The summed E-state index contributed by atoms with van der Waals surface area (Å²) in [6.45, 7) is 1.83. The van der Waals surface area contributed by atoms with Gasteiger partial charge in [0.1, 0.15) is 17.5 Å². The molecule has 0 aliphatic carbocycles. The number of nitrogens with zero attached hydrogens (tertiary/aromatic N) is 2. The van der Waals surface area contributed by atoms with E-state index in [0.717, 1.165) is 11.3 Å². The van der Waals surface area contributed by atoms with E-state index in [-0.39, 0.29) is 10.9 Å². The summed E-state index contributed by atoms with van der Waals surface area (Å²) in [7, 11) is 0. The third-order valence-electron chi connectivity index (χ3n) is 4.48. The molecule has 0 saturated heterocycles. The third kappa shape index (κ3) is 5.05. The lowest BCUT2D eigenvalue weighted by Gasteiger charge is -2.11. The van der Waals surface area contributed by atoms with E-state index in [1.54, 1.807) is 18.2 Å². The highest BCUT2D eigenvalue weighted by Gasteiger charge is 2.10. The summed E-state index contributed by atoms with van der Waals surface area (Å²) in [4.78, 5) is 21.5. The van der Waals surface area contributed by atoms with E-state index in [0.29, 0.717) is 28.6 Å². The van der Waals surface area contributed by atoms with E-state index in [1.807, 2.05) is 49.4 Å². The van der Waals surface area contributed by atoms with Gasteiger partial charge in [-0.15, -0.1) is 0 Å². The fourth-order valence-corrected chi connectivity index (χ4v) is 3.23. The maximum atomic E-state index is 13.3. The second-order valence-corrected chi connectivity index (χ2v) is 7.25. The molecule has 5 nitrogen and oxygen atoms in total. The second-order valence-electron chi connectivity index (χ2n) is 6.84. The van der Waals surface area contributed by atoms with Crippen LogP contribution in [0.15, 0.2) is 78.9 Å². The Kier molecular flexibility index (Phi) is 5.91. The molecule has 1 aromatic heterocycles. The molecule has 1 amide bonds. The number of carbonyl (C=O) groups is 1. The quantitative estimate of drug-likeness (QED) is 0.391. The zero-order chi connectivity index (χ0) is 21.8. The zero-order valence-corrected chi connectivity index (χ0v) is 17.3. The van der Waals surface area contributed by atoms with Crippen molar-refractivity contribution in [2.24, 2.45) is 0 Å². The van der Waals surface area contributed by atoms with Gasteiger partial charge in [0.05, 0.1) is 10.7 Å². The molecule has 0 aliphatic heterocycles. The highest BCUT2D eigenvalue weighted by Crippen LogP contribution is 2.23. The third-order valence-corrected chi connectivity index (χ3v) is 4.77. The normalized spacial score (nSPS) is 10.5. The largest absolute Gasteiger partial charge is 0.340 e. The zero-order valence-electron chi connectivity index (χ0n) is 16.6. The fourth-order valence-electron chi connectivity index (χ4n) is 3.05. The second kappa shape index (κ2) is 8.93. The van der Waals surface area contributed by atoms with Crippen LogP contribution < -0.4 is 10.6 Å². The van der Waals surface area contributed by atoms with Crippen LogP contribution in [0.3, 0.4) is 0 Å². The monoisotopic (exact) mass is 432 g/mol. The number of nitrogens with one attached hydrogen (secondary N) is 2. The van der Waals surface area contributed by atoms with E-state index >= 15 is 0 Å². The van der Waals surface area contributed by atoms with Crippen LogP contribution in [0.2, 0.25) is 5.02 Å². The number of aromatic nitrogens is 2. The molecular formula is C24H18ClFN4O. The van der Waals surface area contributed by atoms with Crippen molar-refractivity contribution < 1.29 is 9.18 Å². The Morgan fingerprint density at radius 2 is 1.71 bits per heavy atom. The van der Waals surface area contributed by atoms with Gasteiger partial charge in [0.25, 0.3) is 5.91 Å². The Morgan fingerprint density at radius 1 is 0.903 bits per heavy atom. The van der Waals surface area contributed by atoms with E-state index in [9.17, 15) is 9.18 Å². The molecule has 1 heterocycles. The number of hydrogen-bond donors (Lipinski definition) is 2. The Bertz CT molecular complexity index is 1250. The molecule has 0 spiro atoms. The molecule has 4 aromatic rings. The predicted octanol–water partition coefficient (Wildman–Crippen LogP) is 6.24. The van der Waals surface area contributed by atoms with Crippen molar-refractivity contribution in [1.29, 1.82) is 0 Å². The summed E-state index contributed by atoms with van der Waals surface area (Å²) in [6.07, 6.45) is 0. The van der Waals surface area contributed by atoms with Gasteiger partial charge in [0, 0.05) is 28.6 Å². The minimum absolute atomic E-state index is 0.0541. The lowest BCUT2D eigenvalue weighted by Crippen LogP contribution is -2.12. The number of carbonyl (C=O) groups excluding carboxylic acids is 1. The van der Waals surface area contributed by atoms with Crippen LogP contribution in [-0.2, 0) is 0 Å². The Hall–Kier alpha value is -3.77. The van der Waals surface area contributed by atoms with Gasteiger partial charge in [-0.3, -0.25) is 4.79 Å². The minimum atomic E-state index is -0.541. The van der Waals surface area contributed by atoms with Crippen molar-refractivity contribution in [2.75, 3.05) is 10.6 Å². The number of hydrogen-bond acceptors (Lipinski definition) is 4. The number of amides is 1. The Morgan fingerprint density at radius 3 is 2.48 bits per heavy atom. The summed E-state index contributed by atoms with van der Waals surface area (Å²) in [5.41, 5.74) is 3.33. The van der Waals surface area contributed by atoms with Crippen molar-refractivity contribution in [1.82, 2.24) is 9.97 Å². The first-order chi connectivity index (χ1) is 15.0. The molecule has 31 heavy (non-hydrogen) atoms. The van der Waals surface area contributed by atoms with Crippen LogP contribution in [0, 0.1) is 12.7 Å². The van der Waals surface area contributed by atoms with E-state index in [2.05, 4.69) is 20.6 Å². The maximum absolute atomic E-state index is 13.3. The molecule has 0 unspecified atom stereocenters. The van der Waals surface area contributed by atoms with Gasteiger partial charge in [-0.1, -0.05) is 48.0 Å². The van der Waals surface area contributed by atoms with Gasteiger partial charge >= 0.3 is 0 Å². The number of rotatable bonds is 5. The number of halogens is 2. The first-order valence-corrected chi connectivity index (χ1v) is 9.90. The number of anilines is 3. The van der Waals surface area contributed by atoms with Crippen molar-refractivity contribution in [2.45, 2.75) is 6.92 Å². The SMILES string of the molecule is Cc1nc(Nc2cccc(C(=O)Nc3ccc(F)c(Cl)c3)c2)cc(-c2ccccc2)n1. The minimum Gasteiger partial charge on any atom is -0.340 e. The van der Waals surface area contributed by atoms with Gasteiger partial charge in [0.15, 0.2) is 0 Å². The molecule has 0 saturated carbocycles. The Balaban J connectivity index is 1.54. The van der Waals surface area contributed by atoms with Crippen LogP contribution in [0.4, 0.5) is 21.6 Å². The van der Waals surface area contributed by atoms with Gasteiger partial charge in [0.2, 0.25) is 0 Å². The van der Waals surface area contributed by atoms with E-state index in [4.69, 9.17) is 11.6 Å². The standard InChI is InChI=1S/C24H18ClFN4O/c1-15-27-22(16-6-3-2-4-7-16)14-23(28-15)29-18-9-5-8-17(12-18)24(31)30-19-10-11-21(26)20(25)13-19/h2-14H,1H3,(H,30,31)(H,27,28,29). The summed E-state index contributed by atoms with van der Waals surface area (Å²) < 4.78 is 13.3. The van der Waals surface area contributed by atoms with Gasteiger partial charge in [-0.05, 0) is 43.3 Å². The molecule has 0 fully saturated rings. The van der Waals surface area contributed by atoms with E-state index < -0.39 is 5.82 Å². The molecule has 154 valence electrons. The van der Waals surface area contributed by atoms with Crippen molar-refractivity contribution in [3.63, 3.8) is 0 Å². The summed E-state index contributed by atoms with van der Waals surface area (Å²) in [5, 5.41) is 5.89. The van der Waals surface area contributed by atoms with Crippen LogP contribution >= 0.6 is 11.6 Å². The lowest BCUT2D eigenvalue weighted by atomic mass is 10.1. The van der Waals surface area contributed by atoms with Gasteiger partial charge < -0.3 is 10.6 Å². The highest BCUT2D eigenvalue weighted by atomic mass is 35.5. The predicted molar refractivity (Wildman–Crippen MR) is 121 cm³/mol. The smallest absolute Gasteiger partial charge is 0.255 e. The van der Waals surface area contributed by atoms with Crippen molar-refractivity contribution in [3.05, 3.63) is 101 Å². The molecule has 4 rings (SSSR count). The van der Waals surface area contributed by atoms with Crippen LogP contribution in [0.1, 0.15) is 16.2 Å². The fraction of sp³-hybridized carbons (Fsp3) is 0.0417. The van der Waals surface area contributed by atoms with Crippen LogP contribution in [-0.4, -0.2) is 15.9 Å². The van der Waals surface area contributed by atoms with Gasteiger partial charge in [-0.25, -0.2) is 14.4 Å². The first-order valence-electron chi connectivity index (χ1n) is 9.52. The van der Waals surface area contributed by atoms with Crippen LogP contribution in [0.5, 0.6) is 0 Å². The molecule has 0 aliphatic rings. The lowest BCUT2D eigenvalue weighted by molar-refractivity contribution is 0.102. The molecule has 0 atom stereocenters. The average molecular weight is 433 g/mol. The summed E-state index contributed by atoms with van der Waals surface area (Å²) in [6, 6.07) is 22.7. The number of aryl methyl sites for hydroxylation is 1. The van der Waals surface area contributed by atoms with Gasteiger partial charge in [-0.2, -0.15) is 0 Å². The van der Waals surface area contributed by atoms with Crippen molar-refractivity contribution in [3.8, 4) is 11.3 Å². The summed E-state index contributed by atoms with van der Waals surface area (Å²) in [5.74, 6) is 0.371. The molecule has 0 radical (unpaired) electrons. The van der Waals surface area contributed by atoms with Crippen molar-refractivity contribution >= 4 is 34.7 Å². The van der Waals surface area contributed by atoms with Crippen LogP contribution in [0.25, 0.3) is 11.3 Å². The molecule has 3 aromatic carbocycles. The Labute approximate surface area is 184 Å². The molecule has 0 bridgehead atoms. The summed E-state index contributed by atoms with van der Waals surface area (Å²) >= 11 is 5.78. The topological polar surface area (TPSA) is 66.9 Å². The molecule has 7 heteroatoms. The number of benzene rings is 3. The highest BCUT2D eigenvalue weighted by molar-refractivity contribution is 6.31. The molecular weight excluding hydrogens is 415 g/mol. The van der Waals surface area contributed by atoms with E-state index in [1.165, 1.54) is 18.2 Å². The average Bonchev–Trinajstić information content (AvgIpc) is 2.77. The first kappa shape index (κ1) is 20.5.